The Labute approximate surface area is 68.7 Å². The normalized spacial score (nSPS) is 12.1. The second-order valence-electron chi connectivity index (χ2n) is 2.24. The van der Waals surface area contributed by atoms with Gasteiger partial charge in [0.05, 0.1) is 0 Å². The van der Waals surface area contributed by atoms with E-state index in [9.17, 15) is 5.11 Å². The molecule has 1 aromatic heterocycles. The molecule has 0 amide bonds. The summed E-state index contributed by atoms with van der Waals surface area (Å²) >= 11 is 0. The molecule has 0 unspecified atom stereocenters. The summed E-state index contributed by atoms with van der Waals surface area (Å²) in [7, 11) is 1.59. The average Bonchev–Trinajstić information content (AvgIpc) is 2.30. The molecule has 1 aromatic rings. The average molecular weight is 171 g/mol. The molecule has 0 radical (unpaired) electrons. The monoisotopic (exact) mass is 171 g/mol. The molecule has 0 spiro atoms. The Morgan fingerprint density at radius 1 is 1.83 bits per heavy atom. The number of aliphatic imine (C=N–C) groups is 1. The van der Waals surface area contributed by atoms with Crippen LogP contribution >= 0.6 is 0 Å². The predicted molar refractivity (Wildman–Crippen MR) is 36.4 cm³/mol. The van der Waals surface area contributed by atoms with Crippen LogP contribution in [0.25, 0.3) is 0 Å². The van der Waals surface area contributed by atoms with Crippen molar-refractivity contribution in [2.75, 3.05) is 0 Å². The van der Waals surface area contributed by atoms with Crippen molar-refractivity contribution in [2.24, 2.45) is 12.0 Å². The fourth-order valence-electron chi connectivity index (χ4n) is 0.738. The number of rotatable bonds is 2. The lowest BCUT2D eigenvalue weighted by atomic mass is 10.4. The van der Waals surface area contributed by atoms with Crippen molar-refractivity contribution in [3.05, 3.63) is 5.69 Å². The summed E-state index contributed by atoms with van der Waals surface area (Å²) in [5, 5.41) is 22.8. The zero-order valence-corrected chi connectivity index (χ0v) is 6.81. The van der Waals surface area contributed by atoms with E-state index in [1.165, 1.54) is 11.6 Å². The minimum atomic E-state index is -0.388. The van der Waals surface area contributed by atoms with Crippen molar-refractivity contribution >= 4 is 11.8 Å². The number of aliphatic hydroxyl groups is 1. The first-order valence-corrected chi connectivity index (χ1v) is 3.33. The molecule has 0 saturated heterocycles. The molecule has 12 heavy (non-hydrogen) atoms. The molecule has 66 valence electrons. The van der Waals surface area contributed by atoms with E-state index in [0.717, 1.165) is 0 Å². The van der Waals surface area contributed by atoms with Crippen LogP contribution in [0.5, 0.6) is 0 Å². The van der Waals surface area contributed by atoms with E-state index in [1.54, 1.807) is 7.05 Å². The summed E-state index contributed by atoms with van der Waals surface area (Å²) in [5.74, 6) is -0.325. The SMILES string of the molecule is C/C([O-])=N/c1on[n+](C)c1CO. The van der Waals surface area contributed by atoms with Crippen LogP contribution in [0, 0.1) is 0 Å². The summed E-state index contributed by atoms with van der Waals surface area (Å²) in [4.78, 5) is 3.50. The third kappa shape index (κ3) is 1.59. The van der Waals surface area contributed by atoms with E-state index in [0.29, 0.717) is 5.69 Å². The molecule has 0 atom stereocenters. The minimum Gasteiger partial charge on any atom is -0.862 e. The lowest BCUT2D eigenvalue weighted by Gasteiger charge is -1.97. The largest absolute Gasteiger partial charge is 0.862 e. The van der Waals surface area contributed by atoms with Crippen molar-refractivity contribution in [3.8, 4) is 0 Å². The highest BCUT2D eigenvalue weighted by molar-refractivity contribution is 5.71. The summed E-state index contributed by atoms with van der Waals surface area (Å²) in [6.07, 6.45) is 0. The van der Waals surface area contributed by atoms with Crippen LogP contribution in [0.3, 0.4) is 0 Å². The minimum absolute atomic E-state index is 0.0625. The molecule has 6 heteroatoms. The Hall–Kier alpha value is -1.43. The van der Waals surface area contributed by atoms with Crippen molar-refractivity contribution in [1.29, 1.82) is 0 Å². The second-order valence-corrected chi connectivity index (χ2v) is 2.24. The van der Waals surface area contributed by atoms with E-state index in [4.69, 9.17) is 5.11 Å². The standard InChI is InChI=1S/C6H9N3O3/c1-4(11)7-6-5(3-10)9(2)8-12-6/h10H,3H2,1-2H3. The molecule has 6 nitrogen and oxygen atoms in total. The Bertz CT molecular complexity index is 301. The van der Waals surface area contributed by atoms with Crippen molar-refractivity contribution in [2.45, 2.75) is 13.5 Å². The van der Waals surface area contributed by atoms with Crippen LogP contribution in [0.1, 0.15) is 12.6 Å². The molecule has 0 aliphatic heterocycles. The smallest absolute Gasteiger partial charge is 0.326 e. The van der Waals surface area contributed by atoms with Gasteiger partial charge in [-0.2, -0.15) is 0 Å². The molecule has 1 N–H and O–H groups in total. The summed E-state index contributed by atoms with van der Waals surface area (Å²) < 4.78 is 5.98. The van der Waals surface area contributed by atoms with E-state index in [1.807, 2.05) is 0 Å². The Kier molecular flexibility index (Phi) is 2.39. The highest BCUT2D eigenvalue weighted by Gasteiger charge is 2.18. The fourth-order valence-corrected chi connectivity index (χ4v) is 0.738. The highest BCUT2D eigenvalue weighted by Crippen LogP contribution is 2.13. The first-order valence-electron chi connectivity index (χ1n) is 3.33. The predicted octanol–water partition coefficient (Wildman–Crippen LogP) is -1.60. The van der Waals surface area contributed by atoms with Gasteiger partial charge in [0.1, 0.15) is 6.61 Å². The quantitative estimate of drug-likeness (QED) is 0.330. The van der Waals surface area contributed by atoms with Gasteiger partial charge < -0.3 is 10.2 Å². The molecule has 1 rings (SSSR count). The van der Waals surface area contributed by atoms with Crippen molar-refractivity contribution in [1.82, 2.24) is 5.27 Å². The molecule has 0 aromatic carbocycles. The van der Waals surface area contributed by atoms with Gasteiger partial charge in [-0.3, -0.25) is 4.52 Å². The lowest BCUT2D eigenvalue weighted by molar-refractivity contribution is -0.747. The number of hydrogen-bond donors (Lipinski definition) is 1. The van der Waals surface area contributed by atoms with Gasteiger partial charge in [-0.25, -0.2) is 4.99 Å². The summed E-state index contributed by atoms with van der Waals surface area (Å²) in [6.45, 7) is 1.04. The van der Waals surface area contributed by atoms with E-state index >= 15 is 0 Å². The van der Waals surface area contributed by atoms with Gasteiger partial charge >= 0.3 is 11.6 Å². The maximum absolute atomic E-state index is 10.5. The number of aryl methyl sites for hydroxylation is 1. The molecule has 0 saturated carbocycles. The fraction of sp³-hybridized carbons (Fsp3) is 0.500. The van der Waals surface area contributed by atoms with Crippen LogP contribution in [-0.2, 0) is 13.7 Å². The zero-order valence-electron chi connectivity index (χ0n) is 6.81. The molecular formula is C6H9N3O3. The first-order chi connectivity index (χ1) is 5.65. The molecule has 0 aliphatic carbocycles. The van der Waals surface area contributed by atoms with Crippen LogP contribution in [-0.4, -0.2) is 16.3 Å². The van der Waals surface area contributed by atoms with Gasteiger partial charge in [-0.15, -0.1) is 0 Å². The van der Waals surface area contributed by atoms with Gasteiger partial charge in [0.2, 0.25) is 5.27 Å². The maximum Gasteiger partial charge on any atom is 0.326 e. The number of hydrogen-bond acceptors (Lipinski definition) is 5. The van der Waals surface area contributed by atoms with Crippen molar-refractivity contribution < 1.29 is 19.4 Å². The van der Waals surface area contributed by atoms with E-state index in [-0.39, 0.29) is 18.4 Å². The van der Waals surface area contributed by atoms with E-state index in [2.05, 4.69) is 14.8 Å². The van der Waals surface area contributed by atoms with E-state index < -0.39 is 0 Å². The molecule has 1 heterocycles. The number of aromatic nitrogens is 2. The topological polar surface area (TPSA) is 85.6 Å². The Morgan fingerprint density at radius 3 is 3.00 bits per heavy atom. The number of aliphatic hydroxyl groups excluding tert-OH is 1. The Morgan fingerprint density at radius 2 is 2.50 bits per heavy atom. The molecular weight excluding hydrogens is 162 g/mol. The van der Waals surface area contributed by atoms with Crippen LogP contribution in [0.4, 0.5) is 5.88 Å². The van der Waals surface area contributed by atoms with Gasteiger partial charge in [-0.1, -0.05) is 0 Å². The second kappa shape index (κ2) is 3.31. The van der Waals surface area contributed by atoms with Gasteiger partial charge in [0, 0.05) is 0 Å². The lowest BCUT2D eigenvalue weighted by Crippen LogP contribution is -2.34. The zero-order chi connectivity index (χ0) is 9.14. The van der Waals surface area contributed by atoms with Crippen LogP contribution < -0.4 is 9.79 Å². The number of nitrogens with zero attached hydrogens (tertiary/aromatic N) is 3. The summed E-state index contributed by atoms with van der Waals surface area (Å²) in [6, 6.07) is 0. The Balaban J connectivity index is 3.07. The van der Waals surface area contributed by atoms with Crippen LogP contribution in [0.15, 0.2) is 9.52 Å². The van der Waals surface area contributed by atoms with Gasteiger partial charge in [0.25, 0.3) is 0 Å². The third-order valence-electron chi connectivity index (χ3n) is 1.30. The first kappa shape index (κ1) is 8.66. The molecule has 0 bridgehead atoms. The maximum atomic E-state index is 10.5. The third-order valence-corrected chi connectivity index (χ3v) is 1.30. The van der Waals surface area contributed by atoms with Crippen molar-refractivity contribution in [3.63, 3.8) is 0 Å². The van der Waals surface area contributed by atoms with Gasteiger partial charge in [-0.05, 0) is 17.5 Å². The highest BCUT2D eigenvalue weighted by atomic mass is 16.5. The summed E-state index contributed by atoms with van der Waals surface area (Å²) in [5.41, 5.74) is 0.380. The van der Waals surface area contributed by atoms with Crippen LogP contribution in [0.2, 0.25) is 0 Å². The van der Waals surface area contributed by atoms with Gasteiger partial charge in [0.15, 0.2) is 7.05 Å². The molecule has 0 aliphatic rings. The molecule has 0 fully saturated rings.